The fourth-order valence-electron chi connectivity index (χ4n) is 4.78. The van der Waals surface area contributed by atoms with Gasteiger partial charge in [0.15, 0.2) is 0 Å². The van der Waals surface area contributed by atoms with Crippen LogP contribution in [0, 0.1) is 5.92 Å². The van der Waals surface area contributed by atoms with Gasteiger partial charge in [0.25, 0.3) is 0 Å². The normalized spacial score (nSPS) is 26.8. The highest BCUT2D eigenvalue weighted by atomic mass is 79.9. The average molecular weight is 486 g/mol. The number of halogens is 1. The Labute approximate surface area is 194 Å². The summed E-state index contributed by atoms with van der Waals surface area (Å²) < 4.78 is 12.9. The molecule has 2 fully saturated rings. The van der Waals surface area contributed by atoms with Gasteiger partial charge in [0.2, 0.25) is 0 Å². The Balaban J connectivity index is 1.46. The van der Waals surface area contributed by atoms with Gasteiger partial charge in [0.1, 0.15) is 24.5 Å². The quantitative estimate of drug-likeness (QED) is 0.505. The highest BCUT2D eigenvalue weighted by molar-refractivity contribution is 9.10. The Morgan fingerprint density at radius 3 is 2.39 bits per heavy atom. The van der Waals surface area contributed by atoms with Gasteiger partial charge in [-0.15, -0.1) is 0 Å². The van der Waals surface area contributed by atoms with Crippen LogP contribution in [-0.4, -0.2) is 36.2 Å². The predicted octanol–water partition coefficient (Wildman–Crippen LogP) is 5.89. The average Bonchev–Trinajstić information content (AvgIpc) is 2.73. The number of rotatable bonds is 4. The zero-order chi connectivity index (χ0) is 22.2. The molecule has 2 aliphatic rings. The van der Waals surface area contributed by atoms with Gasteiger partial charge in [0, 0.05) is 17.1 Å². The molecule has 0 radical (unpaired) electrons. The second kappa shape index (κ2) is 8.95. The fourth-order valence-corrected chi connectivity index (χ4v) is 5.05. The molecular weight excluding hydrogens is 454 g/mol. The summed E-state index contributed by atoms with van der Waals surface area (Å²) in [5, 5.41) is 0. The number of cyclic esters (lactones) is 1. The van der Waals surface area contributed by atoms with Gasteiger partial charge in [-0.25, -0.2) is 0 Å². The Morgan fingerprint density at radius 2 is 1.74 bits per heavy atom. The number of hydrogen-bond donors (Lipinski definition) is 0. The maximum Gasteiger partial charge on any atom is 0.323 e. The van der Waals surface area contributed by atoms with E-state index in [4.69, 9.17) is 9.47 Å². The zero-order valence-corrected chi connectivity index (χ0v) is 20.4. The Bertz CT molecular complexity index is 904. The van der Waals surface area contributed by atoms with E-state index in [1.54, 1.807) is 0 Å². The lowest BCUT2D eigenvalue weighted by atomic mass is 9.82. The number of morpholine rings is 1. The molecule has 0 aromatic heterocycles. The third kappa shape index (κ3) is 4.98. The number of ether oxygens (including phenoxy) is 2. The molecule has 2 aromatic carbocycles. The van der Waals surface area contributed by atoms with Crippen LogP contribution >= 0.6 is 15.9 Å². The number of carbonyl (C=O) groups excluding carboxylic acids is 1. The smallest absolute Gasteiger partial charge is 0.323 e. The molecule has 166 valence electrons. The fraction of sp³-hybridized carbons (Fsp3) is 0.500. The van der Waals surface area contributed by atoms with E-state index in [2.05, 4.69) is 84.9 Å². The number of esters is 1. The summed E-state index contributed by atoms with van der Waals surface area (Å²) in [5.74, 6) is 1.18. The molecule has 2 heterocycles. The molecule has 0 aliphatic carbocycles. The van der Waals surface area contributed by atoms with Crippen molar-refractivity contribution in [2.45, 2.75) is 64.1 Å². The van der Waals surface area contributed by atoms with E-state index in [-0.39, 0.29) is 29.6 Å². The van der Waals surface area contributed by atoms with Crippen molar-refractivity contribution in [3.8, 4) is 5.75 Å². The molecular formula is C26H32BrNO3. The van der Waals surface area contributed by atoms with Crippen LogP contribution in [0.15, 0.2) is 53.0 Å². The maximum atomic E-state index is 12.8. The molecule has 0 N–H and O–H groups in total. The molecule has 31 heavy (non-hydrogen) atoms. The SMILES string of the molecule is C[C@H]1CC[C@H]2C(=O)O[C@H](COc3ccc(C(C)(C)C)cc3)CN2[C@@H]1c1ccc(Br)cc1. The number of nitrogens with zero attached hydrogens (tertiary/aromatic N) is 1. The van der Waals surface area contributed by atoms with Gasteiger partial charge in [0.05, 0.1) is 0 Å². The second-order valence-electron chi connectivity index (χ2n) is 9.91. The number of piperidine rings is 1. The van der Waals surface area contributed by atoms with Crippen LogP contribution in [0.4, 0.5) is 0 Å². The van der Waals surface area contributed by atoms with Crippen molar-refractivity contribution in [2.75, 3.05) is 13.2 Å². The molecule has 0 unspecified atom stereocenters. The summed E-state index contributed by atoms with van der Waals surface area (Å²) in [6.07, 6.45) is 1.61. The van der Waals surface area contributed by atoms with Crippen molar-refractivity contribution in [1.82, 2.24) is 4.90 Å². The third-order valence-corrected chi connectivity index (χ3v) is 7.06. The van der Waals surface area contributed by atoms with Gasteiger partial charge in [-0.1, -0.05) is 67.9 Å². The third-order valence-electron chi connectivity index (χ3n) is 6.53. The van der Waals surface area contributed by atoms with E-state index in [0.717, 1.165) is 23.1 Å². The Kier molecular flexibility index (Phi) is 6.45. The summed E-state index contributed by atoms with van der Waals surface area (Å²) >= 11 is 3.53. The van der Waals surface area contributed by atoms with E-state index in [1.165, 1.54) is 11.1 Å². The summed E-state index contributed by atoms with van der Waals surface area (Å²) in [5.41, 5.74) is 2.64. The lowest BCUT2D eigenvalue weighted by Crippen LogP contribution is -2.58. The number of carbonyl (C=O) groups is 1. The zero-order valence-electron chi connectivity index (χ0n) is 18.8. The minimum absolute atomic E-state index is 0.111. The minimum atomic E-state index is -0.269. The standard InChI is InChI=1S/C26H32BrNO3/c1-17-5-14-23-25(29)31-22(15-28(23)24(17)18-6-10-20(27)11-7-18)16-30-21-12-8-19(9-13-21)26(2,3)4/h6-13,17,22-24H,5,14-16H2,1-4H3/t17-,22-,23-,24-/m0/s1. The topological polar surface area (TPSA) is 38.8 Å². The first-order valence-corrected chi connectivity index (χ1v) is 12.0. The van der Waals surface area contributed by atoms with Crippen molar-refractivity contribution in [3.05, 3.63) is 64.1 Å². The first kappa shape index (κ1) is 22.3. The van der Waals surface area contributed by atoms with Crippen LogP contribution in [0.3, 0.4) is 0 Å². The Hall–Kier alpha value is -1.85. The number of benzene rings is 2. The van der Waals surface area contributed by atoms with Crippen LogP contribution in [0.5, 0.6) is 5.75 Å². The van der Waals surface area contributed by atoms with Crippen molar-refractivity contribution in [1.29, 1.82) is 0 Å². The molecule has 0 amide bonds. The van der Waals surface area contributed by atoms with Crippen LogP contribution in [-0.2, 0) is 14.9 Å². The molecule has 0 bridgehead atoms. The molecule has 5 heteroatoms. The summed E-state index contributed by atoms with van der Waals surface area (Å²) in [6, 6.07) is 16.8. The van der Waals surface area contributed by atoms with Gasteiger partial charge >= 0.3 is 5.97 Å². The molecule has 4 rings (SSSR count). The van der Waals surface area contributed by atoms with Crippen LogP contribution in [0.25, 0.3) is 0 Å². The maximum absolute atomic E-state index is 12.8. The Morgan fingerprint density at radius 1 is 1.06 bits per heavy atom. The first-order valence-electron chi connectivity index (χ1n) is 11.2. The lowest BCUT2D eigenvalue weighted by molar-refractivity contribution is -0.176. The van der Waals surface area contributed by atoms with E-state index in [0.29, 0.717) is 19.1 Å². The molecule has 0 spiro atoms. The molecule has 0 saturated carbocycles. The van der Waals surface area contributed by atoms with Gasteiger partial charge < -0.3 is 9.47 Å². The largest absolute Gasteiger partial charge is 0.490 e. The predicted molar refractivity (Wildman–Crippen MR) is 126 cm³/mol. The van der Waals surface area contributed by atoms with Gasteiger partial charge in [-0.3, -0.25) is 9.69 Å². The van der Waals surface area contributed by atoms with E-state index < -0.39 is 0 Å². The number of hydrogen-bond acceptors (Lipinski definition) is 4. The van der Waals surface area contributed by atoms with Crippen molar-refractivity contribution in [3.63, 3.8) is 0 Å². The molecule has 4 nitrogen and oxygen atoms in total. The summed E-state index contributed by atoms with van der Waals surface area (Å²) in [7, 11) is 0. The summed E-state index contributed by atoms with van der Waals surface area (Å²) in [6.45, 7) is 9.94. The van der Waals surface area contributed by atoms with Crippen LogP contribution < -0.4 is 4.74 Å². The number of fused-ring (bicyclic) bond motifs is 1. The highest BCUT2D eigenvalue weighted by Gasteiger charge is 2.45. The molecule has 2 aromatic rings. The van der Waals surface area contributed by atoms with Crippen LogP contribution in [0.2, 0.25) is 0 Å². The molecule has 2 aliphatic heterocycles. The second-order valence-corrected chi connectivity index (χ2v) is 10.8. The molecule has 4 atom stereocenters. The summed E-state index contributed by atoms with van der Waals surface area (Å²) in [4.78, 5) is 15.2. The van der Waals surface area contributed by atoms with E-state index in [1.807, 2.05) is 12.1 Å². The molecule has 2 saturated heterocycles. The lowest BCUT2D eigenvalue weighted by Gasteiger charge is -2.48. The van der Waals surface area contributed by atoms with Gasteiger partial charge in [-0.05, 0) is 59.6 Å². The van der Waals surface area contributed by atoms with Gasteiger partial charge in [-0.2, -0.15) is 0 Å². The first-order chi connectivity index (χ1) is 14.7. The highest BCUT2D eigenvalue weighted by Crippen LogP contribution is 2.41. The van der Waals surface area contributed by atoms with Crippen LogP contribution in [0.1, 0.15) is 57.7 Å². The van der Waals surface area contributed by atoms with E-state index >= 15 is 0 Å². The van der Waals surface area contributed by atoms with Crippen molar-refractivity contribution in [2.24, 2.45) is 5.92 Å². The minimum Gasteiger partial charge on any atom is -0.490 e. The monoisotopic (exact) mass is 485 g/mol. The van der Waals surface area contributed by atoms with E-state index in [9.17, 15) is 4.79 Å². The van der Waals surface area contributed by atoms with Crippen molar-refractivity contribution >= 4 is 21.9 Å². The van der Waals surface area contributed by atoms with Crippen molar-refractivity contribution < 1.29 is 14.3 Å².